The highest BCUT2D eigenvalue weighted by Gasteiger charge is 2.39. The molecule has 2 saturated heterocycles. The van der Waals surface area contributed by atoms with Crippen molar-refractivity contribution in [2.45, 2.75) is 25.2 Å². The predicted molar refractivity (Wildman–Crippen MR) is 128 cm³/mol. The van der Waals surface area contributed by atoms with E-state index in [0.29, 0.717) is 30.2 Å². The fourth-order valence-electron chi connectivity index (χ4n) is 4.62. The van der Waals surface area contributed by atoms with Crippen molar-refractivity contribution in [3.8, 4) is 0 Å². The molecule has 0 saturated carbocycles. The van der Waals surface area contributed by atoms with Crippen molar-refractivity contribution in [1.82, 2.24) is 5.32 Å². The Morgan fingerprint density at radius 3 is 2.69 bits per heavy atom. The highest BCUT2D eigenvalue weighted by molar-refractivity contribution is 6.04. The lowest BCUT2D eigenvalue weighted by Crippen LogP contribution is -2.55. The van der Waals surface area contributed by atoms with Gasteiger partial charge in [0.2, 0.25) is 0 Å². The maximum Gasteiger partial charge on any atom is 0.259 e. The van der Waals surface area contributed by atoms with Crippen LogP contribution < -0.4 is 20.4 Å². The standard InChI is InChI=1S/C25H28N4O6/c30-21-15-34-10-8-28(21)19-2-1-3-20(13-19)29-9-11-35-23(25(29)33)22(31)24(32)27-18-5-4-17-14-26-7-6-16(17)12-18/h1-5,12-13,22-23,26,31H,6-11,14-15H2,(H,27,32). The molecule has 35 heavy (non-hydrogen) atoms. The number of benzene rings is 2. The summed E-state index contributed by atoms with van der Waals surface area (Å²) < 4.78 is 10.7. The summed E-state index contributed by atoms with van der Waals surface area (Å²) in [5, 5.41) is 16.7. The summed E-state index contributed by atoms with van der Waals surface area (Å²) in [5.74, 6) is -1.36. The summed E-state index contributed by atoms with van der Waals surface area (Å²) in [6.07, 6.45) is -2.15. The lowest BCUT2D eigenvalue weighted by atomic mass is 10.0. The Morgan fingerprint density at radius 2 is 1.86 bits per heavy atom. The van der Waals surface area contributed by atoms with Gasteiger partial charge in [-0.3, -0.25) is 14.4 Å². The van der Waals surface area contributed by atoms with Gasteiger partial charge >= 0.3 is 0 Å². The number of amides is 3. The summed E-state index contributed by atoms with van der Waals surface area (Å²) in [6, 6.07) is 12.7. The van der Waals surface area contributed by atoms with E-state index >= 15 is 0 Å². The maximum absolute atomic E-state index is 13.2. The van der Waals surface area contributed by atoms with Crippen LogP contribution in [0.3, 0.4) is 0 Å². The molecule has 3 aliphatic heterocycles. The molecule has 2 aromatic rings. The largest absolute Gasteiger partial charge is 0.380 e. The monoisotopic (exact) mass is 480 g/mol. The van der Waals surface area contributed by atoms with Crippen molar-refractivity contribution < 1.29 is 29.0 Å². The minimum absolute atomic E-state index is 0.0190. The Morgan fingerprint density at radius 1 is 1.06 bits per heavy atom. The second-order valence-electron chi connectivity index (χ2n) is 8.74. The van der Waals surface area contributed by atoms with Crippen molar-refractivity contribution in [2.75, 3.05) is 54.6 Å². The highest BCUT2D eigenvalue weighted by atomic mass is 16.5. The summed E-state index contributed by atoms with van der Waals surface area (Å²) in [5.41, 5.74) is 4.12. The molecule has 2 unspecified atom stereocenters. The summed E-state index contributed by atoms with van der Waals surface area (Å²) in [7, 11) is 0. The topological polar surface area (TPSA) is 120 Å². The number of anilines is 3. The quantitative estimate of drug-likeness (QED) is 0.568. The van der Waals surface area contributed by atoms with E-state index in [1.54, 1.807) is 35.2 Å². The van der Waals surface area contributed by atoms with Crippen LogP contribution in [0, 0.1) is 0 Å². The number of morpholine rings is 2. The number of carbonyl (C=O) groups excluding carboxylic acids is 3. The average Bonchev–Trinajstić information content (AvgIpc) is 2.88. The van der Waals surface area contributed by atoms with Crippen molar-refractivity contribution in [3.05, 3.63) is 53.6 Å². The molecule has 2 atom stereocenters. The van der Waals surface area contributed by atoms with E-state index in [0.717, 1.165) is 25.1 Å². The molecule has 10 nitrogen and oxygen atoms in total. The smallest absolute Gasteiger partial charge is 0.259 e. The number of ether oxygens (including phenoxy) is 2. The zero-order chi connectivity index (χ0) is 24.4. The second kappa shape index (κ2) is 10.1. The molecular formula is C25H28N4O6. The first-order valence-corrected chi connectivity index (χ1v) is 11.7. The SMILES string of the molecule is O=C(Nc1ccc2c(c1)CCNC2)C(O)C1OCCN(c2cccc(N3CCOCC3=O)c2)C1=O. The van der Waals surface area contributed by atoms with Gasteiger partial charge in [-0.2, -0.15) is 0 Å². The van der Waals surface area contributed by atoms with E-state index in [4.69, 9.17) is 9.47 Å². The molecule has 2 fully saturated rings. The van der Waals surface area contributed by atoms with E-state index in [1.807, 2.05) is 12.1 Å². The van der Waals surface area contributed by atoms with Crippen LogP contribution in [0.1, 0.15) is 11.1 Å². The number of carbonyl (C=O) groups is 3. The van der Waals surface area contributed by atoms with Crippen LogP contribution >= 0.6 is 0 Å². The van der Waals surface area contributed by atoms with Gasteiger partial charge in [0, 0.05) is 36.7 Å². The molecule has 3 aliphatic rings. The fraction of sp³-hybridized carbons (Fsp3) is 0.400. The van der Waals surface area contributed by atoms with Crippen molar-refractivity contribution in [3.63, 3.8) is 0 Å². The molecule has 184 valence electrons. The van der Waals surface area contributed by atoms with Crippen molar-refractivity contribution in [1.29, 1.82) is 0 Å². The van der Waals surface area contributed by atoms with Crippen LogP contribution in [-0.4, -0.2) is 74.5 Å². The van der Waals surface area contributed by atoms with Gasteiger partial charge in [-0.15, -0.1) is 0 Å². The zero-order valence-electron chi connectivity index (χ0n) is 19.2. The molecule has 0 bridgehead atoms. The van der Waals surface area contributed by atoms with E-state index in [1.165, 1.54) is 10.5 Å². The maximum atomic E-state index is 13.2. The van der Waals surface area contributed by atoms with E-state index in [9.17, 15) is 19.5 Å². The molecule has 3 heterocycles. The van der Waals surface area contributed by atoms with Gasteiger partial charge in [-0.05, 0) is 54.4 Å². The molecule has 5 rings (SSSR count). The number of hydrogen-bond donors (Lipinski definition) is 3. The molecule has 3 N–H and O–H groups in total. The molecule has 3 amide bonds. The third-order valence-corrected chi connectivity index (χ3v) is 6.48. The fourth-order valence-corrected chi connectivity index (χ4v) is 4.62. The Kier molecular flexibility index (Phi) is 6.78. The number of aliphatic hydroxyl groups is 1. The highest BCUT2D eigenvalue weighted by Crippen LogP contribution is 2.27. The minimum atomic E-state index is -1.67. The third kappa shape index (κ3) is 4.92. The predicted octanol–water partition coefficient (Wildman–Crippen LogP) is 0.427. The average molecular weight is 481 g/mol. The van der Waals surface area contributed by atoms with Gasteiger partial charge < -0.3 is 35.0 Å². The molecule has 0 aliphatic carbocycles. The Bertz CT molecular complexity index is 1140. The molecule has 2 aromatic carbocycles. The van der Waals surface area contributed by atoms with Gasteiger partial charge in [0.1, 0.15) is 6.61 Å². The zero-order valence-corrected chi connectivity index (χ0v) is 19.2. The number of fused-ring (bicyclic) bond motifs is 1. The number of nitrogens with zero attached hydrogens (tertiary/aromatic N) is 2. The van der Waals surface area contributed by atoms with Crippen molar-refractivity contribution in [2.24, 2.45) is 0 Å². The number of rotatable bonds is 5. The first-order chi connectivity index (χ1) is 17.0. The Hall–Kier alpha value is -3.31. The van der Waals surface area contributed by atoms with E-state index < -0.39 is 24.0 Å². The lowest BCUT2D eigenvalue weighted by Gasteiger charge is -2.35. The number of nitrogens with one attached hydrogen (secondary N) is 2. The lowest BCUT2D eigenvalue weighted by molar-refractivity contribution is -0.150. The Balaban J connectivity index is 1.28. The summed E-state index contributed by atoms with van der Waals surface area (Å²) >= 11 is 0. The Labute approximate surface area is 202 Å². The number of aliphatic hydroxyl groups excluding tert-OH is 1. The molecule has 0 spiro atoms. The van der Waals surface area contributed by atoms with Gasteiger partial charge in [0.25, 0.3) is 17.7 Å². The summed E-state index contributed by atoms with van der Waals surface area (Å²) in [4.78, 5) is 41.3. The summed E-state index contributed by atoms with van der Waals surface area (Å²) in [6.45, 7) is 2.97. The second-order valence-corrected chi connectivity index (χ2v) is 8.74. The van der Waals surface area contributed by atoms with Crippen LogP contribution in [-0.2, 0) is 36.8 Å². The molecule has 0 radical (unpaired) electrons. The van der Waals surface area contributed by atoms with Crippen LogP contribution in [0.25, 0.3) is 0 Å². The van der Waals surface area contributed by atoms with Crippen LogP contribution in [0.15, 0.2) is 42.5 Å². The van der Waals surface area contributed by atoms with Gasteiger partial charge in [0.05, 0.1) is 13.2 Å². The van der Waals surface area contributed by atoms with Crippen molar-refractivity contribution >= 4 is 34.8 Å². The minimum Gasteiger partial charge on any atom is -0.380 e. The van der Waals surface area contributed by atoms with Crippen LogP contribution in [0.5, 0.6) is 0 Å². The molecule has 0 aromatic heterocycles. The van der Waals surface area contributed by atoms with E-state index in [-0.39, 0.29) is 25.7 Å². The van der Waals surface area contributed by atoms with Gasteiger partial charge in [-0.25, -0.2) is 0 Å². The van der Waals surface area contributed by atoms with Crippen LogP contribution in [0.4, 0.5) is 17.1 Å². The number of hydrogen-bond acceptors (Lipinski definition) is 7. The first kappa shape index (κ1) is 23.4. The normalized spacial score (nSPS) is 21.5. The first-order valence-electron chi connectivity index (χ1n) is 11.7. The van der Waals surface area contributed by atoms with Gasteiger partial charge in [0.15, 0.2) is 12.2 Å². The third-order valence-electron chi connectivity index (χ3n) is 6.48. The van der Waals surface area contributed by atoms with E-state index in [2.05, 4.69) is 10.6 Å². The van der Waals surface area contributed by atoms with Crippen LogP contribution in [0.2, 0.25) is 0 Å². The molecule has 10 heteroatoms. The molecular weight excluding hydrogens is 452 g/mol. The van der Waals surface area contributed by atoms with Gasteiger partial charge in [-0.1, -0.05) is 12.1 Å².